The number of hydrogen-bond acceptors (Lipinski definition) is 3. The van der Waals surface area contributed by atoms with E-state index in [-0.39, 0.29) is 24.0 Å². The molecular formula is C16H22IN3O2. The van der Waals surface area contributed by atoms with Crippen molar-refractivity contribution in [3.8, 4) is 5.75 Å². The van der Waals surface area contributed by atoms with Crippen LogP contribution in [0.1, 0.15) is 5.76 Å². The minimum Gasteiger partial charge on any atom is -0.492 e. The highest BCUT2D eigenvalue weighted by Crippen LogP contribution is 2.07. The van der Waals surface area contributed by atoms with Gasteiger partial charge in [-0.15, -0.1) is 24.0 Å². The molecule has 6 heteroatoms. The van der Waals surface area contributed by atoms with Crippen molar-refractivity contribution in [2.24, 2.45) is 4.99 Å². The highest BCUT2D eigenvalue weighted by Gasteiger charge is 1.99. The van der Waals surface area contributed by atoms with Gasteiger partial charge < -0.3 is 19.8 Å². The lowest BCUT2D eigenvalue weighted by Gasteiger charge is -2.12. The van der Waals surface area contributed by atoms with Crippen molar-refractivity contribution in [3.05, 3.63) is 54.5 Å². The first kappa shape index (κ1) is 18.3. The quantitative estimate of drug-likeness (QED) is 0.316. The summed E-state index contributed by atoms with van der Waals surface area (Å²) in [6, 6.07) is 13.6. The van der Waals surface area contributed by atoms with Crippen molar-refractivity contribution in [3.63, 3.8) is 0 Å². The summed E-state index contributed by atoms with van der Waals surface area (Å²) in [4.78, 5) is 4.16. The van der Waals surface area contributed by atoms with Crippen molar-refractivity contribution in [1.82, 2.24) is 10.6 Å². The summed E-state index contributed by atoms with van der Waals surface area (Å²) >= 11 is 0. The average Bonchev–Trinajstić information content (AvgIpc) is 3.04. The van der Waals surface area contributed by atoms with Crippen molar-refractivity contribution in [1.29, 1.82) is 0 Å². The molecule has 0 aliphatic heterocycles. The molecule has 2 rings (SSSR count). The molecule has 0 atom stereocenters. The summed E-state index contributed by atoms with van der Waals surface area (Å²) in [5.74, 6) is 2.60. The van der Waals surface area contributed by atoms with E-state index in [2.05, 4.69) is 15.6 Å². The highest BCUT2D eigenvalue weighted by molar-refractivity contribution is 14.0. The Morgan fingerprint density at radius 3 is 2.55 bits per heavy atom. The van der Waals surface area contributed by atoms with Crippen molar-refractivity contribution < 1.29 is 9.15 Å². The van der Waals surface area contributed by atoms with E-state index >= 15 is 0 Å². The summed E-state index contributed by atoms with van der Waals surface area (Å²) in [6.07, 6.45) is 2.51. The van der Waals surface area contributed by atoms with Crippen LogP contribution in [0, 0.1) is 0 Å². The first-order chi connectivity index (χ1) is 10.4. The molecule has 120 valence electrons. The van der Waals surface area contributed by atoms with E-state index in [1.165, 1.54) is 0 Å². The van der Waals surface area contributed by atoms with Gasteiger partial charge in [-0.05, 0) is 24.3 Å². The Morgan fingerprint density at radius 1 is 1.09 bits per heavy atom. The molecule has 1 heterocycles. The third-order valence-electron chi connectivity index (χ3n) is 2.87. The minimum absolute atomic E-state index is 0. The SMILES string of the molecule is CN=C(NCCOc1ccccc1)NCCc1ccco1.I. The molecular weight excluding hydrogens is 393 g/mol. The van der Waals surface area contributed by atoms with Crippen LogP contribution in [-0.2, 0) is 6.42 Å². The van der Waals surface area contributed by atoms with E-state index in [4.69, 9.17) is 9.15 Å². The second kappa shape index (κ2) is 10.9. The molecule has 2 N–H and O–H groups in total. The van der Waals surface area contributed by atoms with E-state index in [1.807, 2.05) is 42.5 Å². The molecule has 0 spiro atoms. The smallest absolute Gasteiger partial charge is 0.191 e. The number of halogens is 1. The number of rotatable bonds is 7. The minimum atomic E-state index is 0. The fourth-order valence-electron chi connectivity index (χ4n) is 1.83. The van der Waals surface area contributed by atoms with Crippen LogP contribution in [0.4, 0.5) is 0 Å². The van der Waals surface area contributed by atoms with Crippen LogP contribution in [0.5, 0.6) is 5.75 Å². The van der Waals surface area contributed by atoms with E-state index in [0.717, 1.165) is 30.4 Å². The lowest BCUT2D eigenvalue weighted by Crippen LogP contribution is -2.40. The molecule has 0 aliphatic rings. The normalized spacial score (nSPS) is 10.7. The Hall–Kier alpha value is -1.70. The number of ether oxygens (including phenoxy) is 1. The molecule has 1 aromatic heterocycles. The average molecular weight is 415 g/mol. The zero-order chi connectivity index (χ0) is 14.8. The molecule has 0 saturated heterocycles. The molecule has 0 bridgehead atoms. The third-order valence-corrected chi connectivity index (χ3v) is 2.87. The van der Waals surface area contributed by atoms with Gasteiger partial charge >= 0.3 is 0 Å². The summed E-state index contributed by atoms with van der Waals surface area (Å²) in [5.41, 5.74) is 0. The van der Waals surface area contributed by atoms with Crippen molar-refractivity contribution in [2.75, 3.05) is 26.7 Å². The summed E-state index contributed by atoms with van der Waals surface area (Å²) < 4.78 is 10.9. The number of para-hydroxylation sites is 1. The Kier molecular flexibility index (Phi) is 9.13. The third kappa shape index (κ3) is 6.84. The molecule has 0 saturated carbocycles. The Labute approximate surface area is 148 Å². The molecule has 0 aliphatic carbocycles. The maximum atomic E-state index is 5.60. The Bertz CT molecular complexity index is 530. The highest BCUT2D eigenvalue weighted by atomic mass is 127. The summed E-state index contributed by atoms with van der Waals surface area (Å²) in [6.45, 7) is 2.05. The van der Waals surface area contributed by atoms with Crippen LogP contribution >= 0.6 is 24.0 Å². The van der Waals surface area contributed by atoms with E-state index in [0.29, 0.717) is 13.2 Å². The van der Waals surface area contributed by atoms with Crippen molar-refractivity contribution >= 4 is 29.9 Å². The molecule has 5 nitrogen and oxygen atoms in total. The number of hydrogen-bond donors (Lipinski definition) is 2. The number of benzene rings is 1. The number of nitrogens with one attached hydrogen (secondary N) is 2. The van der Waals surface area contributed by atoms with Crippen molar-refractivity contribution in [2.45, 2.75) is 6.42 Å². The van der Waals surface area contributed by atoms with Gasteiger partial charge in [0.05, 0.1) is 12.8 Å². The van der Waals surface area contributed by atoms with Crippen LogP contribution in [0.15, 0.2) is 58.1 Å². The van der Waals surface area contributed by atoms with Gasteiger partial charge in [-0.25, -0.2) is 0 Å². The first-order valence-corrected chi connectivity index (χ1v) is 7.03. The summed E-state index contributed by atoms with van der Waals surface area (Å²) in [5, 5.41) is 6.43. The molecule has 0 fully saturated rings. The lowest BCUT2D eigenvalue weighted by molar-refractivity contribution is 0.322. The van der Waals surface area contributed by atoms with Gasteiger partial charge in [-0.3, -0.25) is 4.99 Å². The monoisotopic (exact) mass is 415 g/mol. The number of furan rings is 1. The lowest BCUT2D eigenvalue weighted by atomic mass is 10.3. The maximum absolute atomic E-state index is 5.60. The number of guanidine groups is 1. The molecule has 2 aromatic rings. The standard InChI is InChI=1S/C16H21N3O2.HI/c1-17-16(18-10-9-15-8-5-12-20-15)19-11-13-21-14-6-3-2-4-7-14;/h2-8,12H,9-11,13H2,1H3,(H2,17,18,19);1H. The summed E-state index contributed by atoms with van der Waals surface area (Å²) in [7, 11) is 1.75. The van der Waals surface area contributed by atoms with E-state index < -0.39 is 0 Å². The van der Waals surface area contributed by atoms with Gasteiger partial charge in [0.1, 0.15) is 18.1 Å². The zero-order valence-corrected chi connectivity index (χ0v) is 14.9. The molecule has 0 radical (unpaired) electrons. The van der Waals surface area contributed by atoms with Gasteiger partial charge in [0.2, 0.25) is 0 Å². The van der Waals surface area contributed by atoms with Crippen LogP contribution in [0.25, 0.3) is 0 Å². The molecule has 0 unspecified atom stereocenters. The van der Waals surface area contributed by atoms with E-state index in [1.54, 1.807) is 13.3 Å². The van der Waals surface area contributed by atoms with Gasteiger partial charge in [0, 0.05) is 20.0 Å². The van der Waals surface area contributed by atoms with Gasteiger partial charge in [-0.2, -0.15) is 0 Å². The Balaban J connectivity index is 0.00000242. The largest absolute Gasteiger partial charge is 0.492 e. The zero-order valence-electron chi connectivity index (χ0n) is 12.6. The predicted molar refractivity (Wildman–Crippen MR) is 99.1 cm³/mol. The fourth-order valence-corrected chi connectivity index (χ4v) is 1.83. The van der Waals surface area contributed by atoms with Gasteiger partial charge in [-0.1, -0.05) is 18.2 Å². The van der Waals surface area contributed by atoms with Gasteiger partial charge in [0.15, 0.2) is 5.96 Å². The van der Waals surface area contributed by atoms with E-state index in [9.17, 15) is 0 Å². The van der Waals surface area contributed by atoms with Crippen LogP contribution < -0.4 is 15.4 Å². The number of nitrogens with zero attached hydrogens (tertiary/aromatic N) is 1. The topological polar surface area (TPSA) is 58.8 Å². The fraction of sp³-hybridized carbons (Fsp3) is 0.312. The molecule has 0 amide bonds. The van der Waals surface area contributed by atoms with Gasteiger partial charge in [0.25, 0.3) is 0 Å². The van der Waals surface area contributed by atoms with Crippen LogP contribution in [0.3, 0.4) is 0 Å². The predicted octanol–water partition coefficient (Wildman–Crippen LogP) is 2.68. The second-order valence-corrected chi connectivity index (χ2v) is 4.42. The maximum Gasteiger partial charge on any atom is 0.191 e. The first-order valence-electron chi connectivity index (χ1n) is 7.03. The van der Waals surface area contributed by atoms with Crippen LogP contribution in [-0.4, -0.2) is 32.7 Å². The number of aliphatic imine (C=N–C) groups is 1. The Morgan fingerprint density at radius 2 is 1.86 bits per heavy atom. The second-order valence-electron chi connectivity index (χ2n) is 4.42. The van der Waals surface area contributed by atoms with Crippen LogP contribution in [0.2, 0.25) is 0 Å². The molecule has 1 aromatic carbocycles. The molecule has 22 heavy (non-hydrogen) atoms.